The predicted octanol–water partition coefficient (Wildman–Crippen LogP) is 3.41. The molecule has 0 aliphatic rings. The summed E-state index contributed by atoms with van der Waals surface area (Å²) in [5.41, 5.74) is 1.21. The lowest BCUT2D eigenvalue weighted by atomic mass is 10.2. The van der Waals surface area contributed by atoms with Crippen LogP contribution in [0, 0.1) is 0 Å². The lowest BCUT2D eigenvalue weighted by Crippen LogP contribution is -2.12. The van der Waals surface area contributed by atoms with Gasteiger partial charge in [-0.25, -0.2) is 4.79 Å². The summed E-state index contributed by atoms with van der Waals surface area (Å²) in [6.45, 7) is 6.42. The molecule has 5 heteroatoms. The SMILES string of the molecule is C=C(C)C(=O)OCCCCCCN/C=C\C(=O)Nc1ccccc1. The molecular weight excluding hydrogens is 304 g/mol. The summed E-state index contributed by atoms with van der Waals surface area (Å²) >= 11 is 0. The van der Waals surface area contributed by atoms with E-state index in [1.165, 1.54) is 6.08 Å². The van der Waals surface area contributed by atoms with Crippen molar-refractivity contribution in [3.05, 3.63) is 54.8 Å². The molecule has 0 radical (unpaired) electrons. The third-order valence-corrected chi connectivity index (χ3v) is 3.19. The molecule has 1 aromatic carbocycles. The highest BCUT2D eigenvalue weighted by Crippen LogP contribution is 2.04. The highest BCUT2D eigenvalue weighted by Gasteiger charge is 2.01. The van der Waals surface area contributed by atoms with Crippen LogP contribution in [0.4, 0.5) is 5.69 Å². The van der Waals surface area contributed by atoms with E-state index in [1.54, 1.807) is 13.1 Å². The smallest absolute Gasteiger partial charge is 0.333 e. The van der Waals surface area contributed by atoms with Crippen LogP contribution < -0.4 is 10.6 Å². The third kappa shape index (κ3) is 9.46. The maximum atomic E-state index is 11.6. The second kappa shape index (κ2) is 11.9. The van der Waals surface area contributed by atoms with E-state index in [1.807, 2.05) is 30.3 Å². The number of hydrogen-bond acceptors (Lipinski definition) is 4. The van der Waals surface area contributed by atoms with Crippen molar-refractivity contribution in [2.24, 2.45) is 0 Å². The Morgan fingerprint density at radius 1 is 1.12 bits per heavy atom. The number of hydrogen-bond donors (Lipinski definition) is 2. The molecule has 0 unspecified atom stereocenters. The Kier molecular flexibility index (Phi) is 9.69. The fourth-order valence-corrected chi connectivity index (χ4v) is 1.89. The van der Waals surface area contributed by atoms with Crippen molar-refractivity contribution in [1.29, 1.82) is 0 Å². The van der Waals surface area contributed by atoms with Crippen LogP contribution in [0.1, 0.15) is 32.6 Å². The molecule has 1 amide bonds. The van der Waals surface area contributed by atoms with Gasteiger partial charge in [-0.05, 0) is 38.3 Å². The Labute approximate surface area is 143 Å². The fraction of sp³-hybridized carbons (Fsp3) is 0.368. The molecule has 0 fully saturated rings. The maximum Gasteiger partial charge on any atom is 0.333 e. The van der Waals surface area contributed by atoms with E-state index in [-0.39, 0.29) is 11.9 Å². The molecule has 0 saturated heterocycles. The topological polar surface area (TPSA) is 67.4 Å². The minimum atomic E-state index is -0.324. The molecule has 5 nitrogen and oxygen atoms in total. The molecule has 2 N–H and O–H groups in total. The number of amides is 1. The number of para-hydroxylation sites is 1. The number of ether oxygens (including phenoxy) is 1. The monoisotopic (exact) mass is 330 g/mol. The van der Waals surface area contributed by atoms with Crippen molar-refractivity contribution >= 4 is 17.6 Å². The van der Waals surface area contributed by atoms with Crippen molar-refractivity contribution in [2.45, 2.75) is 32.6 Å². The van der Waals surface area contributed by atoms with Gasteiger partial charge < -0.3 is 15.4 Å². The minimum absolute atomic E-state index is 0.159. The Bertz CT molecular complexity index is 553. The molecule has 0 spiro atoms. The van der Waals surface area contributed by atoms with Crippen molar-refractivity contribution < 1.29 is 14.3 Å². The molecule has 1 aromatic rings. The molecule has 0 atom stereocenters. The van der Waals surface area contributed by atoms with Gasteiger partial charge in [0.15, 0.2) is 0 Å². The number of nitrogens with one attached hydrogen (secondary N) is 2. The lowest BCUT2D eigenvalue weighted by Gasteiger charge is -2.04. The zero-order valence-electron chi connectivity index (χ0n) is 14.2. The van der Waals surface area contributed by atoms with Crippen molar-refractivity contribution in [1.82, 2.24) is 5.32 Å². The predicted molar refractivity (Wildman–Crippen MR) is 96.5 cm³/mol. The van der Waals surface area contributed by atoms with Crippen LogP contribution in [-0.4, -0.2) is 25.0 Å². The van der Waals surface area contributed by atoms with Crippen LogP contribution in [0.2, 0.25) is 0 Å². The molecule has 1 rings (SSSR count). The fourth-order valence-electron chi connectivity index (χ4n) is 1.89. The van der Waals surface area contributed by atoms with Crippen LogP contribution in [-0.2, 0) is 14.3 Å². The van der Waals surface area contributed by atoms with E-state index in [0.717, 1.165) is 37.9 Å². The average molecular weight is 330 g/mol. The minimum Gasteiger partial charge on any atom is -0.462 e. The molecule has 0 heterocycles. The van der Waals surface area contributed by atoms with E-state index < -0.39 is 0 Å². The van der Waals surface area contributed by atoms with Crippen LogP contribution in [0.25, 0.3) is 0 Å². The zero-order valence-corrected chi connectivity index (χ0v) is 14.2. The molecule has 0 aliphatic heterocycles. The number of anilines is 1. The van der Waals surface area contributed by atoms with E-state index in [0.29, 0.717) is 12.2 Å². The summed E-state index contributed by atoms with van der Waals surface area (Å²) in [5, 5.41) is 5.86. The van der Waals surface area contributed by atoms with Crippen molar-refractivity contribution in [2.75, 3.05) is 18.5 Å². The van der Waals surface area contributed by atoms with Crippen LogP contribution in [0.5, 0.6) is 0 Å². The summed E-state index contributed by atoms with van der Waals surface area (Å²) in [7, 11) is 0. The van der Waals surface area contributed by atoms with Gasteiger partial charge in [-0.2, -0.15) is 0 Å². The molecule has 130 valence electrons. The van der Waals surface area contributed by atoms with E-state index in [4.69, 9.17) is 4.74 Å². The van der Waals surface area contributed by atoms with Gasteiger partial charge in [0.2, 0.25) is 5.91 Å². The summed E-state index contributed by atoms with van der Waals surface area (Å²) in [6.07, 6.45) is 7.04. The molecule has 0 saturated carbocycles. The molecule has 0 aliphatic carbocycles. The standard InChI is InChI=1S/C19H26N2O3/c1-16(2)19(23)24-15-9-4-3-8-13-20-14-12-18(22)21-17-10-6-5-7-11-17/h5-7,10-12,14,20H,1,3-4,8-9,13,15H2,2H3,(H,21,22)/b14-12-. The first kappa shape index (κ1) is 19.5. The molecule has 0 bridgehead atoms. The molecule has 0 aromatic heterocycles. The van der Waals surface area contributed by atoms with E-state index in [2.05, 4.69) is 17.2 Å². The van der Waals surface area contributed by atoms with Gasteiger partial charge in [-0.15, -0.1) is 0 Å². The van der Waals surface area contributed by atoms with Crippen LogP contribution >= 0.6 is 0 Å². The average Bonchev–Trinajstić information content (AvgIpc) is 2.57. The Morgan fingerprint density at radius 3 is 2.54 bits per heavy atom. The Morgan fingerprint density at radius 2 is 1.83 bits per heavy atom. The van der Waals surface area contributed by atoms with Gasteiger partial charge >= 0.3 is 5.97 Å². The first-order valence-corrected chi connectivity index (χ1v) is 8.18. The molecule has 24 heavy (non-hydrogen) atoms. The lowest BCUT2D eigenvalue weighted by molar-refractivity contribution is -0.139. The Balaban J connectivity index is 1.97. The number of unbranched alkanes of at least 4 members (excludes halogenated alkanes) is 3. The van der Waals surface area contributed by atoms with Crippen LogP contribution in [0.15, 0.2) is 54.8 Å². The van der Waals surface area contributed by atoms with Gasteiger partial charge in [0.1, 0.15) is 0 Å². The van der Waals surface area contributed by atoms with Gasteiger partial charge in [0.25, 0.3) is 0 Å². The second-order valence-electron chi connectivity index (χ2n) is 5.47. The largest absolute Gasteiger partial charge is 0.462 e. The summed E-state index contributed by atoms with van der Waals surface area (Å²) in [5.74, 6) is -0.483. The first-order chi connectivity index (χ1) is 11.6. The quantitative estimate of drug-likeness (QED) is 0.371. The van der Waals surface area contributed by atoms with Gasteiger partial charge in [0, 0.05) is 30.1 Å². The number of benzene rings is 1. The highest BCUT2D eigenvalue weighted by atomic mass is 16.5. The number of carbonyl (C=O) groups is 2. The van der Waals surface area contributed by atoms with Gasteiger partial charge in [-0.1, -0.05) is 31.2 Å². The summed E-state index contributed by atoms with van der Waals surface area (Å²) in [6, 6.07) is 9.32. The zero-order chi connectivity index (χ0) is 17.6. The third-order valence-electron chi connectivity index (χ3n) is 3.19. The number of esters is 1. The van der Waals surface area contributed by atoms with Gasteiger partial charge in [0.05, 0.1) is 6.61 Å². The van der Waals surface area contributed by atoms with Crippen molar-refractivity contribution in [3.8, 4) is 0 Å². The van der Waals surface area contributed by atoms with Crippen LogP contribution in [0.3, 0.4) is 0 Å². The van der Waals surface area contributed by atoms with E-state index in [9.17, 15) is 9.59 Å². The maximum absolute atomic E-state index is 11.6. The van der Waals surface area contributed by atoms with Crippen molar-refractivity contribution in [3.63, 3.8) is 0 Å². The highest BCUT2D eigenvalue weighted by molar-refractivity contribution is 5.99. The summed E-state index contributed by atoms with van der Waals surface area (Å²) < 4.78 is 5.01. The van der Waals surface area contributed by atoms with E-state index >= 15 is 0 Å². The molecular formula is C19H26N2O3. The Hall–Kier alpha value is -2.56. The first-order valence-electron chi connectivity index (χ1n) is 8.18. The normalized spacial score (nSPS) is 10.4. The number of rotatable bonds is 11. The van der Waals surface area contributed by atoms with Gasteiger partial charge in [-0.3, -0.25) is 4.79 Å². The second-order valence-corrected chi connectivity index (χ2v) is 5.47. The summed E-state index contributed by atoms with van der Waals surface area (Å²) in [4.78, 5) is 22.8. The number of carbonyl (C=O) groups excluding carboxylic acids is 2.